The first-order chi connectivity index (χ1) is 7.63. The number of rotatable bonds is 4. The van der Waals surface area contributed by atoms with Gasteiger partial charge in [-0.2, -0.15) is 0 Å². The number of ketones is 1. The molecule has 0 aliphatic heterocycles. The van der Waals surface area contributed by atoms with Crippen molar-refractivity contribution in [3.63, 3.8) is 0 Å². The predicted octanol–water partition coefficient (Wildman–Crippen LogP) is 3.60. The molecule has 86 valence electrons. The summed E-state index contributed by atoms with van der Waals surface area (Å²) in [4.78, 5) is 12.1. The second-order valence-corrected chi connectivity index (χ2v) is 4.80. The van der Waals surface area contributed by atoms with E-state index in [-0.39, 0.29) is 11.9 Å². The second kappa shape index (κ2) is 4.74. The minimum absolute atomic E-state index is 0.0106. The molecule has 16 heavy (non-hydrogen) atoms. The fraction of sp³-hybridized carbons (Fsp3) is 0.417. The van der Waals surface area contributed by atoms with E-state index in [2.05, 4.69) is 0 Å². The van der Waals surface area contributed by atoms with E-state index in [0.717, 1.165) is 12.8 Å². The molecule has 1 atom stereocenters. The second-order valence-electron chi connectivity index (χ2n) is 3.99. The van der Waals surface area contributed by atoms with Gasteiger partial charge in [0.25, 0.3) is 0 Å². The Bertz CT molecular complexity index is 413. The van der Waals surface area contributed by atoms with Gasteiger partial charge in [0.2, 0.25) is 0 Å². The van der Waals surface area contributed by atoms with E-state index in [9.17, 15) is 4.79 Å². The number of hydrogen-bond donors (Lipinski definition) is 0. The monoisotopic (exact) mass is 258 g/mol. The van der Waals surface area contributed by atoms with Gasteiger partial charge in [0.05, 0.1) is 10.0 Å². The van der Waals surface area contributed by atoms with Gasteiger partial charge in [-0.1, -0.05) is 23.2 Å². The Hall–Kier alpha value is -0.570. The average Bonchev–Trinajstić information content (AvgIpc) is 3.07. The summed E-state index contributed by atoms with van der Waals surface area (Å²) in [6.07, 6.45) is 1.79. The fourth-order valence-corrected chi connectivity index (χ4v) is 2.02. The van der Waals surface area contributed by atoms with E-state index in [1.54, 1.807) is 25.3 Å². The Morgan fingerprint density at radius 3 is 2.56 bits per heavy atom. The zero-order chi connectivity index (χ0) is 11.7. The summed E-state index contributed by atoms with van der Waals surface area (Å²) < 4.78 is 5.23. The normalized spacial score (nSPS) is 17.2. The smallest absolute Gasteiger partial charge is 0.191 e. The number of halogens is 2. The summed E-state index contributed by atoms with van der Waals surface area (Å²) in [5, 5.41) is 0.858. The molecule has 1 aliphatic carbocycles. The largest absolute Gasteiger partial charge is 0.373 e. The Labute approximate surface area is 104 Å². The molecule has 0 saturated heterocycles. The van der Waals surface area contributed by atoms with Gasteiger partial charge in [0.1, 0.15) is 6.10 Å². The molecule has 1 aliphatic rings. The molecule has 1 saturated carbocycles. The van der Waals surface area contributed by atoms with Crippen LogP contribution in [0.25, 0.3) is 0 Å². The van der Waals surface area contributed by atoms with Crippen LogP contribution < -0.4 is 0 Å². The van der Waals surface area contributed by atoms with Crippen molar-refractivity contribution in [1.82, 2.24) is 0 Å². The van der Waals surface area contributed by atoms with Gasteiger partial charge in [0, 0.05) is 12.7 Å². The lowest BCUT2D eigenvalue weighted by molar-refractivity contribution is 0.0540. The van der Waals surface area contributed by atoms with E-state index >= 15 is 0 Å². The summed E-state index contributed by atoms with van der Waals surface area (Å²) in [6, 6.07) is 4.92. The van der Waals surface area contributed by atoms with Gasteiger partial charge >= 0.3 is 0 Å². The van der Waals surface area contributed by atoms with Crippen molar-refractivity contribution in [3.8, 4) is 0 Å². The highest BCUT2D eigenvalue weighted by atomic mass is 35.5. The Balaban J connectivity index is 2.22. The highest BCUT2D eigenvalue weighted by Crippen LogP contribution is 2.36. The Morgan fingerprint density at radius 1 is 1.38 bits per heavy atom. The molecule has 0 radical (unpaired) electrons. The van der Waals surface area contributed by atoms with E-state index < -0.39 is 0 Å². The van der Waals surface area contributed by atoms with Crippen LogP contribution >= 0.6 is 23.2 Å². The Kier molecular flexibility index (Phi) is 3.53. The molecule has 0 amide bonds. The van der Waals surface area contributed by atoms with Gasteiger partial charge < -0.3 is 4.74 Å². The standard InChI is InChI=1S/C12H12Cl2O2/c1-16-12(7-2-3-7)11(15)8-4-5-9(13)10(14)6-8/h4-7,12H,2-3H2,1H3. The lowest BCUT2D eigenvalue weighted by Gasteiger charge is -2.13. The van der Waals surface area contributed by atoms with Crippen LogP contribution in [-0.4, -0.2) is 19.0 Å². The fourth-order valence-electron chi connectivity index (χ4n) is 1.73. The molecular formula is C12H12Cl2O2. The van der Waals surface area contributed by atoms with Crippen LogP contribution in [-0.2, 0) is 4.74 Å². The van der Waals surface area contributed by atoms with E-state index in [1.165, 1.54) is 0 Å². The van der Waals surface area contributed by atoms with Crippen molar-refractivity contribution in [2.45, 2.75) is 18.9 Å². The molecule has 1 unspecified atom stereocenters. The number of benzene rings is 1. The molecule has 0 N–H and O–H groups in total. The van der Waals surface area contributed by atoms with Crippen LogP contribution in [0, 0.1) is 5.92 Å². The minimum Gasteiger partial charge on any atom is -0.373 e. The molecule has 0 heterocycles. The molecule has 2 nitrogen and oxygen atoms in total. The van der Waals surface area contributed by atoms with Crippen LogP contribution in [0.4, 0.5) is 0 Å². The number of methoxy groups -OCH3 is 1. The molecule has 1 aromatic rings. The number of carbonyl (C=O) groups excluding carboxylic acids is 1. The topological polar surface area (TPSA) is 26.3 Å². The van der Waals surface area contributed by atoms with Gasteiger partial charge in [-0.15, -0.1) is 0 Å². The zero-order valence-corrected chi connectivity index (χ0v) is 10.4. The van der Waals surface area contributed by atoms with Crippen molar-refractivity contribution < 1.29 is 9.53 Å². The molecule has 1 fully saturated rings. The van der Waals surface area contributed by atoms with Gasteiger partial charge in [-0.25, -0.2) is 0 Å². The zero-order valence-electron chi connectivity index (χ0n) is 8.87. The van der Waals surface area contributed by atoms with Crippen LogP contribution in [0.15, 0.2) is 18.2 Å². The maximum absolute atomic E-state index is 12.1. The van der Waals surface area contributed by atoms with E-state index in [0.29, 0.717) is 21.5 Å². The van der Waals surface area contributed by atoms with Crippen molar-refractivity contribution in [2.75, 3.05) is 7.11 Å². The van der Waals surface area contributed by atoms with Crippen molar-refractivity contribution in [1.29, 1.82) is 0 Å². The van der Waals surface area contributed by atoms with Gasteiger partial charge in [-0.05, 0) is 37.0 Å². The third-order valence-corrected chi connectivity index (χ3v) is 3.51. The first-order valence-electron chi connectivity index (χ1n) is 5.15. The molecule has 0 aromatic heterocycles. The van der Waals surface area contributed by atoms with Crippen molar-refractivity contribution in [2.24, 2.45) is 5.92 Å². The third kappa shape index (κ3) is 2.40. The number of Topliss-reactive ketones (excluding diaryl/α,β-unsaturated/α-hetero) is 1. The van der Waals surface area contributed by atoms with E-state index in [1.807, 2.05) is 0 Å². The predicted molar refractivity (Wildman–Crippen MR) is 64.3 cm³/mol. The maximum atomic E-state index is 12.1. The first kappa shape index (κ1) is 11.9. The van der Waals surface area contributed by atoms with Crippen LogP contribution in [0.5, 0.6) is 0 Å². The summed E-state index contributed by atoms with van der Waals surface area (Å²) in [6.45, 7) is 0. The van der Waals surface area contributed by atoms with Crippen LogP contribution in [0.2, 0.25) is 10.0 Å². The molecule has 1 aromatic carbocycles. The van der Waals surface area contributed by atoms with Crippen molar-refractivity contribution in [3.05, 3.63) is 33.8 Å². The number of carbonyl (C=O) groups is 1. The van der Waals surface area contributed by atoms with Gasteiger partial charge in [-0.3, -0.25) is 4.79 Å². The molecule has 0 bridgehead atoms. The summed E-state index contributed by atoms with van der Waals surface area (Å²) >= 11 is 11.7. The Morgan fingerprint density at radius 2 is 2.06 bits per heavy atom. The lowest BCUT2D eigenvalue weighted by atomic mass is 10.0. The molecule has 0 spiro atoms. The molecule has 2 rings (SSSR count). The summed E-state index contributed by atoms with van der Waals surface area (Å²) in [5.74, 6) is 0.357. The highest BCUT2D eigenvalue weighted by molar-refractivity contribution is 6.42. The molecule has 4 heteroatoms. The lowest BCUT2D eigenvalue weighted by Crippen LogP contribution is -2.25. The summed E-state index contributed by atoms with van der Waals surface area (Å²) in [7, 11) is 1.57. The highest BCUT2D eigenvalue weighted by Gasteiger charge is 2.36. The first-order valence-corrected chi connectivity index (χ1v) is 5.91. The van der Waals surface area contributed by atoms with Gasteiger partial charge in [0.15, 0.2) is 5.78 Å². The number of hydrogen-bond acceptors (Lipinski definition) is 2. The SMILES string of the molecule is COC(C(=O)c1ccc(Cl)c(Cl)c1)C1CC1. The van der Waals surface area contributed by atoms with Crippen LogP contribution in [0.3, 0.4) is 0 Å². The summed E-state index contributed by atoms with van der Waals surface area (Å²) in [5.41, 5.74) is 0.563. The van der Waals surface area contributed by atoms with Crippen LogP contribution in [0.1, 0.15) is 23.2 Å². The molecular weight excluding hydrogens is 247 g/mol. The minimum atomic E-state index is -0.336. The van der Waals surface area contributed by atoms with Crippen molar-refractivity contribution >= 4 is 29.0 Å². The third-order valence-electron chi connectivity index (χ3n) is 2.77. The maximum Gasteiger partial charge on any atom is 0.191 e. The van der Waals surface area contributed by atoms with E-state index in [4.69, 9.17) is 27.9 Å². The quantitative estimate of drug-likeness (QED) is 0.772. The average molecular weight is 259 g/mol. The number of ether oxygens (including phenoxy) is 1.